The summed E-state index contributed by atoms with van der Waals surface area (Å²) >= 11 is 1.35. The highest BCUT2D eigenvalue weighted by atomic mass is 32.1. The molecule has 0 unspecified atom stereocenters. The molecule has 2 aromatic heterocycles. The van der Waals surface area contributed by atoms with Crippen molar-refractivity contribution in [3.8, 4) is 10.4 Å². The Labute approximate surface area is 174 Å². The summed E-state index contributed by atoms with van der Waals surface area (Å²) in [5, 5.41) is 7.75. The van der Waals surface area contributed by atoms with Crippen LogP contribution in [0.2, 0.25) is 0 Å². The summed E-state index contributed by atoms with van der Waals surface area (Å²) in [6.07, 6.45) is 10.1. The molecular weight excluding hydrogens is 388 g/mol. The van der Waals surface area contributed by atoms with Crippen molar-refractivity contribution in [1.82, 2.24) is 14.7 Å². The lowest BCUT2D eigenvalue weighted by Crippen LogP contribution is -2.35. The van der Waals surface area contributed by atoms with Crippen molar-refractivity contribution >= 4 is 28.3 Å². The van der Waals surface area contributed by atoms with E-state index in [1.807, 2.05) is 4.68 Å². The van der Waals surface area contributed by atoms with Gasteiger partial charge in [-0.05, 0) is 38.3 Å². The second-order valence-electron chi connectivity index (χ2n) is 7.99. The number of urea groups is 1. The molecule has 2 aliphatic rings. The Morgan fingerprint density at radius 2 is 2.03 bits per heavy atom. The van der Waals surface area contributed by atoms with Gasteiger partial charge < -0.3 is 16.4 Å². The maximum atomic E-state index is 12.0. The molecule has 2 heterocycles. The molecule has 0 saturated heterocycles. The molecule has 8 nitrogen and oxygen atoms in total. The van der Waals surface area contributed by atoms with E-state index in [1.165, 1.54) is 43.4 Å². The summed E-state index contributed by atoms with van der Waals surface area (Å²) < 4.78 is 2.00. The fraction of sp³-hybridized carbons (Fsp3) is 0.550. The van der Waals surface area contributed by atoms with E-state index in [4.69, 9.17) is 16.6 Å². The highest BCUT2D eigenvalue weighted by Crippen LogP contribution is 2.44. The van der Waals surface area contributed by atoms with Crippen molar-refractivity contribution in [3.05, 3.63) is 23.0 Å². The van der Waals surface area contributed by atoms with Crippen LogP contribution in [0.4, 0.5) is 9.80 Å². The Morgan fingerprint density at radius 3 is 2.72 bits per heavy atom. The van der Waals surface area contributed by atoms with E-state index in [2.05, 4.69) is 23.5 Å². The molecule has 0 atom stereocenters. The van der Waals surface area contributed by atoms with E-state index in [-0.39, 0.29) is 0 Å². The average Bonchev–Trinajstić information content (AvgIpc) is 3.26. The third-order valence-electron chi connectivity index (χ3n) is 6.06. The molecule has 9 heteroatoms. The second-order valence-corrected chi connectivity index (χ2v) is 9.01. The number of nitrogens with two attached hydrogens (primary N) is 2. The SMILES string of the molecule is CN(CCn1cc2c(n1)CCc1c-2sc(NC(N)=O)c1C(N)=O)C1CCCCC1. The molecule has 0 radical (unpaired) electrons. The van der Waals surface area contributed by atoms with Gasteiger partial charge in [0.1, 0.15) is 5.00 Å². The van der Waals surface area contributed by atoms with Gasteiger partial charge in [0.05, 0.1) is 17.8 Å². The zero-order valence-corrected chi connectivity index (χ0v) is 17.6. The number of aromatic nitrogens is 2. The molecule has 2 aromatic rings. The van der Waals surface area contributed by atoms with Gasteiger partial charge in [-0.25, -0.2) is 4.79 Å². The molecule has 156 valence electrons. The van der Waals surface area contributed by atoms with Crippen LogP contribution in [-0.2, 0) is 19.4 Å². The third-order valence-corrected chi connectivity index (χ3v) is 7.25. The first-order valence-electron chi connectivity index (χ1n) is 10.2. The average molecular weight is 417 g/mol. The van der Waals surface area contributed by atoms with E-state index in [0.29, 0.717) is 23.0 Å². The number of hydrogen-bond acceptors (Lipinski definition) is 5. The first-order chi connectivity index (χ1) is 13.9. The molecule has 29 heavy (non-hydrogen) atoms. The van der Waals surface area contributed by atoms with Gasteiger partial charge in [0.15, 0.2) is 0 Å². The molecule has 5 N–H and O–H groups in total. The molecule has 0 bridgehead atoms. The number of thiophene rings is 1. The first kappa shape index (κ1) is 19.9. The van der Waals surface area contributed by atoms with Gasteiger partial charge in [-0.15, -0.1) is 11.3 Å². The van der Waals surface area contributed by atoms with Crippen molar-refractivity contribution in [1.29, 1.82) is 0 Å². The number of anilines is 1. The van der Waals surface area contributed by atoms with Crippen molar-refractivity contribution in [2.45, 2.75) is 57.5 Å². The van der Waals surface area contributed by atoms with Gasteiger partial charge in [-0.2, -0.15) is 5.10 Å². The predicted octanol–water partition coefficient (Wildman–Crippen LogP) is 2.56. The van der Waals surface area contributed by atoms with Crippen molar-refractivity contribution in [2.75, 3.05) is 18.9 Å². The summed E-state index contributed by atoms with van der Waals surface area (Å²) in [6.45, 7) is 1.79. The standard InChI is InChI=1S/C20H28N6O2S/c1-25(12-5-3-2-4-6-12)9-10-26-11-14-15(24-26)8-7-13-16(18(21)27)19(23-20(22)28)29-17(13)14/h11-12H,2-10H2,1H3,(H2,21,27)(H3,22,23,28). The van der Waals surface area contributed by atoms with Crippen LogP contribution in [0.5, 0.6) is 0 Å². The fourth-order valence-corrected chi connectivity index (χ4v) is 5.83. The van der Waals surface area contributed by atoms with E-state index in [9.17, 15) is 9.59 Å². The first-order valence-corrected chi connectivity index (χ1v) is 11.0. The molecular formula is C20H28N6O2S. The Morgan fingerprint density at radius 1 is 1.28 bits per heavy atom. The summed E-state index contributed by atoms with van der Waals surface area (Å²) in [5.74, 6) is -0.545. The fourth-order valence-electron chi connectivity index (χ4n) is 4.54. The van der Waals surface area contributed by atoms with Crippen LogP contribution in [0.3, 0.4) is 0 Å². The Hall–Kier alpha value is -2.39. The molecule has 2 aliphatic carbocycles. The summed E-state index contributed by atoms with van der Waals surface area (Å²) in [6, 6.07) is -0.0221. The largest absolute Gasteiger partial charge is 0.365 e. The Kier molecular flexibility index (Phi) is 5.60. The van der Waals surface area contributed by atoms with Gasteiger partial charge in [-0.1, -0.05) is 19.3 Å². The number of rotatable bonds is 6. The number of carbonyl (C=O) groups is 2. The molecule has 4 rings (SSSR count). The molecule has 1 fully saturated rings. The topological polar surface area (TPSA) is 119 Å². The molecule has 0 aromatic carbocycles. The minimum Gasteiger partial charge on any atom is -0.365 e. The quantitative estimate of drug-likeness (QED) is 0.670. The van der Waals surface area contributed by atoms with Crippen molar-refractivity contribution in [3.63, 3.8) is 0 Å². The van der Waals surface area contributed by atoms with Crippen molar-refractivity contribution in [2.24, 2.45) is 11.5 Å². The lowest BCUT2D eigenvalue weighted by molar-refractivity contribution is 0.100. The van der Waals surface area contributed by atoms with Crippen LogP contribution in [0.25, 0.3) is 10.4 Å². The maximum absolute atomic E-state index is 12.0. The lowest BCUT2D eigenvalue weighted by atomic mass is 9.94. The van der Waals surface area contributed by atoms with Crippen LogP contribution in [0.15, 0.2) is 6.20 Å². The summed E-state index contributed by atoms with van der Waals surface area (Å²) in [7, 11) is 2.21. The number of primary amides is 2. The predicted molar refractivity (Wildman–Crippen MR) is 114 cm³/mol. The maximum Gasteiger partial charge on any atom is 0.317 e. The normalized spacial score (nSPS) is 16.5. The van der Waals surface area contributed by atoms with Gasteiger partial charge in [0.25, 0.3) is 5.91 Å². The van der Waals surface area contributed by atoms with E-state index < -0.39 is 11.9 Å². The highest BCUT2D eigenvalue weighted by molar-refractivity contribution is 7.20. The number of carbonyl (C=O) groups excluding carboxylic acids is 2. The number of nitrogens with zero attached hydrogens (tertiary/aromatic N) is 3. The van der Waals surface area contributed by atoms with Crippen LogP contribution in [0, 0.1) is 0 Å². The zero-order chi connectivity index (χ0) is 20.5. The monoisotopic (exact) mass is 416 g/mol. The van der Waals surface area contributed by atoms with Crippen LogP contribution >= 0.6 is 11.3 Å². The summed E-state index contributed by atoms with van der Waals surface area (Å²) in [4.78, 5) is 26.7. The minimum absolute atomic E-state index is 0.374. The molecule has 1 saturated carbocycles. The van der Waals surface area contributed by atoms with Crippen LogP contribution in [0.1, 0.15) is 53.7 Å². The van der Waals surface area contributed by atoms with E-state index >= 15 is 0 Å². The number of hydrogen-bond donors (Lipinski definition) is 3. The number of fused-ring (bicyclic) bond motifs is 3. The zero-order valence-electron chi connectivity index (χ0n) is 16.7. The molecule has 3 amide bonds. The number of nitrogens with one attached hydrogen (secondary N) is 1. The van der Waals surface area contributed by atoms with Crippen LogP contribution < -0.4 is 16.8 Å². The van der Waals surface area contributed by atoms with Gasteiger partial charge >= 0.3 is 6.03 Å². The van der Waals surface area contributed by atoms with E-state index in [0.717, 1.165) is 41.2 Å². The Balaban J connectivity index is 1.54. The number of aryl methyl sites for hydroxylation is 1. The number of likely N-dealkylation sites (N-methyl/N-ethyl adjacent to an activating group) is 1. The number of amides is 3. The Bertz CT molecular complexity index is 928. The highest BCUT2D eigenvalue weighted by Gasteiger charge is 2.29. The minimum atomic E-state index is -0.701. The smallest absolute Gasteiger partial charge is 0.317 e. The lowest BCUT2D eigenvalue weighted by Gasteiger charge is -2.31. The molecule has 0 spiro atoms. The summed E-state index contributed by atoms with van der Waals surface area (Å²) in [5.41, 5.74) is 14.2. The molecule has 0 aliphatic heterocycles. The second kappa shape index (κ2) is 8.16. The van der Waals surface area contributed by atoms with Crippen LogP contribution in [-0.4, -0.2) is 46.3 Å². The van der Waals surface area contributed by atoms with E-state index in [1.54, 1.807) is 0 Å². The van der Waals surface area contributed by atoms with Gasteiger partial charge in [0.2, 0.25) is 0 Å². The van der Waals surface area contributed by atoms with Gasteiger partial charge in [-0.3, -0.25) is 14.8 Å². The third kappa shape index (κ3) is 4.02. The van der Waals surface area contributed by atoms with Gasteiger partial charge in [0, 0.05) is 29.2 Å². The van der Waals surface area contributed by atoms with Crippen molar-refractivity contribution < 1.29 is 9.59 Å².